The first kappa shape index (κ1) is 38.1. The number of alkyl halides is 6. The summed E-state index contributed by atoms with van der Waals surface area (Å²) in [7, 11) is 1.64. The Labute approximate surface area is 266 Å². The minimum absolute atomic E-state index is 0. The molecule has 248 valence electrons. The number of methoxy groups -OCH3 is 1. The summed E-state index contributed by atoms with van der Waals surface area (Å²) >= 11 is 0. The molecule has 2 atom stereocenters. The third-order valence-electron chi connectivity index (χ3n) is 8.12. The van der Waals surface area contributed by atoms with Gasteiger partial charge in [-0.1, -0.05) is 18.2 Å². The van der Waals surface area contributed by atoms with Gasteiger partial charge in [-0.05, 0) is 55.2 Å². The highest BCUT2D eigenvalue weighted by atomic mass is 35.5. The van der Waals surface area contributed by atoms with E-state index in [4.69, 9.17) is 9.47 Å². The third kappa shape index (κ3) is 9.70. The van der Waals surface area contributed by atoms with E-state index < -0.39 is 41.0 Å². The van der Waals surface area contributed by atoms with Crippen molar-refractivity contribution in [3.63, 3.8) is 0 Å². The van der Waals surface area contributed by atoms with Crippen LogP contribution in [0.1, 0.15) is 38.2 Å². The van der Waals surface area contributed by atoms with Gasteiger partial charge in [0, 0.05) is 58.0 Å². The number of piperazine rings is 1. The monoisotopic (exact) mass is 673 g/mol. The Balaban J connectivity index is 0.00000337. The second-order valence-electron chi connectivity index (χ2n) is 11.1. The minimum atomic E-state index is -5.03. The molecule has 2 fully saturated rings. The highest BCUT2D eigenvalue weighted by Crippen LogP contribution is 2.37. The number of hydrogen-bond acceptors (Lipinski definition) is 5. The van der Waals surface area contributed by atoms with Crippen LogP contribution in [0.15, 0.2) is 36.4 Å². The van der Waals surface area contributed by atoms with Crippen LogP contribution in [0.5, 0.6) is 0 Å². The van der Waals surface area contributed by atoms with Crippen LogP contribution >= 0.6 is 24.8 Å². The lowest BCUT2D eigenvalue weighted by molar-refractivity contribution is -0.143. The zero-order chi connectivity index (χ0) is 30.7. The van der Waals surface area contributed by atoms with Gasteiger partial charge in [0.2, 0.25) is 0 Å². The van der Waals surface area contributed by atoms with E-state index >= 15 is 0 Å². The Morgan fingerprint density at radius 2 is 1.55 bits per heavy atom. The van der Waals surface area contributed by atoms with Crippen LogP contribution < -0.4 is 0 Å². The quantitative estimate of drug-likeness (QED) is 0.327. The first-order chi connectivity index (χ1) is 19.8. The number of carbonyl (C=O) groups is 1. The first-order valence-corrected chi connectivity index (χ1v) is 14.0. The molecule has 0 radical (unpaired) electrons. The Kier molecular flexibility index (Phi) is 13.8. The predicted octanol–water partition coefficient (Wildman–Crippen LogP) is 5.90. The van der Waals surface area contributed by atoms with Gasteiger partial charge in [-0.3, -0.25) is 14.6 Å². The number of halogens is 8. The van der Waals surface area contributed by atoms with Gasteiger partial charge in [-0.2, -0.15) is 26.3 Å². The molecule has 0 aromatic heterocycles. The second-order valence-corrected chi connectivity index (χ2v) is 11.1. The molecule has 0 unspecified atom stereocenters. The van der Waals surface area contributed by atoms with Crippen LogP contribution in [0.4, 0.5) is 26.3 Å². The Morgan fingerprint density at radius 3 is 2.14 bits per heavy atom. The Hall–Kier alpha value is -2.09. The maximum atomic E-state index is 13.6. The third-order valence-corrected chi connectivity index (χ3v) is 8.12. The summed E-state index contributed by atoms with van der Waals surface area (Å²) in [6.07, 6.45) is -9.65. The zero-order valence-corrected chi connectivity index (χ0v) is 26.5. The summed E-state index contributed by atoms with van der Waals surface area (Å²) < 4.78 is 92.0. The largest absolute Gasteiger partial charge is 0.416 e. The van der Waals surface area contributed by atoms with Crippen molar-refractivity contribution >= 4 is 30.7 Å². The molecule has 14 heteroatoms. The lowest BCUT2D eigenvalue weighted by atomic mass is 9.97. The van der Waals surface area contributed by atoms with Crippen molar-refractivity contribution < 1.29 is 40.6 Å². The van der Waals surface area contributed by atoms with E-state index in [2.05, 4.69) is 9.80 Å². The zero-order valence-electron chi connectivity index (χ0n) is 24.8. The van der Waals surface area contributed by atoms with Gasteiger partial charge < -0.3 is 14.4 Å². The van der Waals surface area contributed by atoms with Crippen molar-refractivity contribution in [2.75, 3.05) is 66.2 Å². The number of morpholine rings is 1. The maximum Gasteiger partial charge on any atom is 0.416 e. The highest BCUT2D eigenvalue weighted by Gasteiger charge is 2.39. The molecule has 2 saturated heterocycles. The molecule has 6 nitrogen and oxygen atoms in total. The summed E-state index contributed by atoms with van der Waals surface area (Å²) in [5, 5.41) is 0. The maximum absolute atomic E-state index is 13.6. The highest BCUT2D eigenvalue weighted by molar-refractivity contribution is 5.95. The van der Waals surface area contributed by atoms with E-state index in [0.717, 1.165) is 29.8 Å². The van der Waals surface area contributed by atoms with Crippen LogP contribution in [0.3, 0.4) is 0 Å². The fourth-order valence-corrected chi connectivity index (χ4v) is 5.61. The first-order valence-electron chi connectivity index (χ1n) is 14.0. The van der Waals surface area contributed by atoms with Crippen molar-refractivity contribution in [1.29, 1.82) is 0 Å². The lowest BCUT2D eigenvalue weighted by Crippen LogP contribution is -2.58. The molecule has 2 aromatic rings. The van der Waals surface area contributed by atoms with E-state index in [1.807, 2.05) is 32.0 Å². The van der Waals surface area contributed by atoms with Gasteiger partial charge in [-0.25, -0.2) is 0 Å². The SMILES string of the molecule is COC[C@H]1COCCN1CCN1CCN(C(=O)c2cc(C(F)(F)F)cc(C(F)(F)F)c2)[C@H](Cc2ccc(C)c(C)c2)C1.Cl.Cl. The molecule has 4 rings (SSSR count). The molecule has 2 aliphatic rings. The number of nitrogens with zero attached hydrogens (tertiary/aromatic N) is 3. The molecule has 1 amide bonds. The molecular formula is C30H39Cl2F6N3O3. The fraction of sp³-hybridized carbons (Fsp3) is 0.567. The molecule has 0 bridgehead atoms. The smallest absolute Gasteiger partial charge is 0.383 e. The number of rotatable bonds is 8. The topological polar surface area (TPSA) is 45.3 Å². The number of benzene rings is 2. The lowest BCUT2D eigenvalue weighted by Gasteiger charge is -2.43. The molecule has 0 aliphatic carbocycles. The Morgan fingerprint density at radius 1 is 0.886 bits per heavy atom. The number of aryl methyl sites for hydroxylation is 2. The van der Waals surface area contributed by atoms with Gasteiger partial charge >= 0.3 is 12.4 Å². The number of hydrogen-bond donors (Lipinski definition) is 0. The summed E-state index contributed by atoms with van der Waals surface area (Å²) in [5.74, 6) is -0.839. The average Bonchev–Trinajstić information content (AvgIpc) is 2.93. The standard InChI is InChI=1S/C30H37F6N3O3.2ClH/c1-20-4-5-22(12-21(20)2)13-26-17-37(6-8-38-10-11-42-19-27(38)18-41-3)7-9-39(26)28(40)23-14-24(29(31,32)33)16-25(15-23)30(34,35)36;;/h4-5,12,14-16,26-27H,6-11,13,17-19H2,1-3H3;2*1H/t26-,27+;;/m1../s1. The summed E-state index contributed by atoms with van der Waals surface area (Å²) in [5.41, 5.74) is -0.524. The van der Waals surface area contributed by atoms with Gasteiger partial charge in [0.25, 0.3) is 5.91 Å². The van der Waals surface area contributed by atoms with Crippen molar-refractivity contribution in [3.8, 4) is 0 Å². The molecule has 0 N–H and O–H groups in total. The minimum Gasteiger partial charge on any atom is -0.383 e. The fourth-order valence-electron chi connectivity index (χ4n) is 5.61. The van der Waals surface area contributed by atoms with Gasteiger partial charge in [0.1, 0.15) is 0 Å². The molecule has 44 heavy (non-hydrogen) atoms. The molecule has 0 spiro atoms. The van der Waals surface area contributed by atoms with E-state index in [1.165, 1.54) is 4.90 Å². The molecule has 2 aromatic carbocycles. The predicted molar refractivity (Wildman–Crippen MR) is 160 cm³/mol. The summed E-state index contributed by atoms with van der Waals surface area (Å²) in [4.78, 5) is 19.6. The van der Waals surface area contributed by atoms with E-state index in [9.17, 15) is 31.1 Å². The van der Waals surface area contributed by atoms with E-state index in [0.29, 0.717) is 58.0 Å². The second kappa shape index (κ2) is 16.0. The van der Waals surface area contributed by atoms with Crippen LogP contribution in [-0.2, 0) is 28.2 Å². The van der Waals surface area contributed by atoms with Crippen molar-refractivity contribution in [2.45, 2.75) is 44.7 Å². The van der Waals surface area contributed by atoms with Crippen LogP contribution in [-0.4, -0.2) is 98.9 Å². The number of amides is 1. The van der Waals surface area contributed by atoms with Gasteiger partial charge in [0.15, 0.2) is 0 Å². The number of ether oxygens (including phenoxy) is 2. The molecule has 0 saturated carbocycles. The van der Waals surface area contributed by atoms with Crippen LogP contribution in [0.2, 0.25) is 0 Å². The summed E-state index contributed by atoms with van der Waals surface area (Å²) in [6, 6.07) is 6.68. The van der Waals surface area contributed by atoms with Crippen molar-refractivity contribution in [1.82, 2.24) is 14.7 Å². The van der Waals surface area contributed by atoms with E-state index in [1.54, 1.807) is 7.11 Å². The van der Waals surface area contributed by atoms with Gasteiger partial charge in [-0.15, -0.1) is 24.8 Å². The van der Waals surface area contributed by atoms with E-state index in [-0.39, 0.29) is 43.5 Å². The van der Waals surface area contributed by atoms with Crippen LogP contribution in [0.25, 0.3) is 0 Å². The average molecular weight is 675 g/mol. The molecular weight excluding hydrogens is 635 g/mol. The number of carbonyl (C=O) groups excluding carboxylic acids is 1. The van der Waals surface area contributed by atoms with Crippen LogP contribution in [0, 0.1) is 13.8 Å². The van der Waals surface area contributed by atoms with Crippen molar-refractivity contribution in [3.05, 3.63) is 69.8 Å². The van der Waals surface area contributed by atoms with Gasteiger partial charge in [0.05, 0.1) is 37.0 Å². The Bertz CT molecular complexity index is 1210. The normalized spacial score (nSPS) is 20.2. The molecule has 2 aliphatic heterocycles. The molecule has 2 heterocycles. The summed E-state index contributed by atoms with van der Waals surface area (Å²) in [6.45, 7) is 8.92. The van der Waals surface area contributed by atoms with Crippen molar-refractivity contribution in [2.24, 2.45) is 0 Å².